The lowest BCUT2D eigenvalue weighted by molar-refractivity contribution is 0.0984. The monoisotopic (exact) mass is 371 g/mol. The molecule has 0 spiro atoms. The van der Waals surface area contributed by atoms with Crippen LogP contribution in [0.3, 0.4) is 0 Å². The van der Waals surface area contributed by atoms with Crippen LogP contribution in [-0.4, -0.2) is 25.5 Å². The summed E-state index contributed by atoms with van der Waals surface area (Å²) in [7, 11) is 0. The van der Waals surface area contributed by atoms with Gasteiger partial charge >= 0.3 is 0 Å². The van der Waals surface area contributed by atoms with Crippen LogP contribution in [0.15, 0.2) is 60.7 Å². The van der Waals surface area contributed by atoms with Crippen molar-refractivity contribution in [2.75, 3.05) is 4.90 Å². The van der Waals surface area contributed by atoms with Crippen molar-refractivity contribution in [2.45, 2.75) is 27.3 Å². The second-order valence-corrected chi connectivity index (χ2v) is 6.87. The van der Waals surface area contributed by atoms with Crippen LogP contribution in [0, 0.1) is 20.8 Å². The summed E-state index contributed by atoms with van der Waals surface area (Å²) >= 11 is 0. The molecule has 0 aliphatic heterocycles. The van der Waals surface area contributed by atoms with Gasteiger partial charge in [0.05, 0.1) is 6.54 Å². The fourth-order valence-electron chi connectivity index (χ4n) is 3.16. The Bertz CT molecular complexity index is 1130. The third-order valence-corrected chi connectivity index (χ3v) is 4.57. The minimum atomic E-state index is -0.0934. The Morgan fingerprint density at radius 3 is 2.39 bits per heavy atom. The summed E-state index contributed by atoms with van der Waals surface area (Å²) in [5, 5.41) is 4.56. The number of amides is 1. The third-order valence-electron chi connectivity index (χ3n) is 4.57. The molecule has 4 aromatic rings. The summed E-state index contributed by atoms with van der Waals surface area (Å²) in [6.07, 6.45) is 0. The molecule has 4 rings (SSSR count). The van der Waals surface area contributed by atoms with E-state index in [0.717, 1.165) is 22.6 Å². The quantitative estimate of drug-likeness (QED) is 0.546. The first-order chi connectivity index (χ1) is 13.5. The SMILES string of the molecule is Cc1ccc(N(Cc2nc3nc(C)cc(C)n3n2)C(=O)c2ccccc2)cc1. The zero-order valence-corrected chi connectivity index (χ0v) is 16.1. The molecule has 0 saturated heterocycles. The highest BCUT2D eigenvalue weighted by molar-refractivity contribution is 6.05. The van der Waals surface area contributed by atoms with Crippen LogP contribution in [0.25, 0.3) is 5.78 Å². The van der Waals surface area contributed by atoms with Crippen molar-refractivity contribution in [3.63, 3.8) is 0 Å². The van der Waals surface area contributed by atoms with E-state index in [2.05, 4.69) is 15.1 Å². The normalized spacial score (nSPS) is 11.0. The van der Waals surface area contributed by atoms with E-state index in [-0.39, 0.29) is 12.5 Å². The topological polar surface area (TPSA) is 63.4 Å². The van der Waals surface area contributed by atoms with E-state index in [1.807, 2.05) is 81.4 Å². The largest absolute Gasteiger partial charge is 0.301 e. The van der Waals surface area contributed by atoms with Crippen molar-refractivity contribution >= 4 is 17.4 Å². The van der Waals surface area contributed by atoms with Crippen molar-refractivity contribution in [3.05, 3.63) is 89.0 Å². The number of rotatable bonds is 4. The van der Waals surface area contributed by atoms with Crippen LogP contribution >= 0.6 is 0 Å². The average Bonchev–Trinajstić information content (AvgIpc) is 3.10. The summed E-state index contributed by atoms with van der Waals surface area (Å²) in [5.74, 6) is 0.999. The van der Waals surface area contributed by atoms with E-state index in [1.54, 1.807) is 9.42 Å². The molecule has 0 N–H and O–H groups in total. The van der Waals surface area contributed by atoms with E-state index in [0.29, 0.717) is 17.2 Å². The Hall–Kier alpha value is -3.54. The maximum absolute atomic E-state index is 13.2. The number of hydrogen-bond donors (Lipinski definition) is 0. The highest BCUT2D eigenvalue weighted by atomic mass is 16.2. The van der Waals surface area contributed by atoms with E-state index < -0.39 is 0 Å². The van der Waals surface area contributed by atoms with Crippen molar-refractivity contribution in [3.8, 4) is 0 Å². The Morgan fingerprint density at radius 2 is 1.68 bits per heavy atom. The van der Waals surface area contributed by atoms with Crippen molar-refractivity contribution in [1.29, 1.82) is 0 Å². The number of aryl methyl sites for hydroxylation is 3. The summed E-state index contributed by atoms with van der Waals surface area (Å²) in [4.78, 5) is 23.9. The fraction of sp³-hybridized carbons (Fsp3) is 0.182. The summed E-state index contributed by atoms with van der Waals surface area (Å²) < 4.78 is 1.71. The van der Waals surface area contributed by atoms with E-state index in [4.69, 9.17) is 0 Å². The number of carbonyl (C=O) groups is 1. The van der Waals surface area contributed by atoms with Gasteiger partial charge in [0.25, 0.3) is 11.7 Å². The summed E-state index contributed by atoms with van der Waals surface area (Å²) in [6.45, 7) is 6.18. The summed E-state index contributed by atoms with van der Waals surface area (Å²) in [5.41, 5.74) is 4.41. The van der Waals surface area contributed by atoms with Gasteiger partial charge in [-0.2, -0.15) is 4.98 Å². The Labute approximate surface area is 163 Å². The minimum Gasteiger partial charge on any atom is -0.301 e. The number of anilines is 1. The van der Waals surface area contributed by atoms with Crippen LogP contribution < -0.4 is 4.90 Å². The molecule has 2 aromatic carbocycles. The molecule has 0 bridgehead atoms. The zero-order valence-electron chi connectivity index (χ0n) is 16.1. The van der Waals surface area contributed by atoms with Crippen LogP contribution in [0.4, 0.5) is 5.69 Å². The number of benzene rings is 2. The van der Waals surface area contributed by atoms with Crippen LogP contribution in [0.1, 0.15) is 33.1 Å². The van der Waals surface area contributed by atoms with Gasteiger partial charge in [0.2, 0.25) is 0 Å². The van der Waals surface area contributed by atoms with Gasteiger partial charge in [-0.3, -0.25) is 4.79 Å². The number of aromatic nitrogens is 4. The first-order valence-corrected chi connectivity index (χ1v) is 9.15. The Morgan fingerprint density at radius 1 is 0.964 bits per heavy atom. The average molecular weight is 371 g/mol. The predicted molar refractivity (Wildman–Crippen MR) is 108 cm³/mol. The van der Waals surface area contributed by atoms with Crippen LogP contribution in [0.5, 0.6) is 0 Å². The van der Waals surface area contributed by atoms with Gasteiger partial charge in [0.15, 0.2) is 5.82 Å². The first kappa shape index (κ1) is 17.9. The van der Waals surface area contributed by atoms with Gasteiger partial charge in [-0.1, -0.05) is 35.9 Å². The van der Waals surface area contributed by atoms with Crippen molar-refractivity contribution in [1.82, 2.24) is 19.6 Å². The standard InChI is InChI=1S/C22H21N5O/c1-15-9-11-19(12-10-15)26(21(28)18-7-5-4-6-8-18)14-20-24-22-23-16(2)13-17(3)27(22)25-20/h4-13H,14H2,1-3H3. The van der Waals surface area contributed by atoms with Gasteiger partial charge < -0.3 is 4.90 Å². The first-order valence-electron chi connectivity index (χ1n) is 9.15. The number of carbonyl (C=O) groups excluding carboxylic acids is 1. The lowest BCUT2D eigenvalue weighted by Gasteiger charge is -2.21. The smallest absolute Gasteiger partial charge is 0.258 e. The molecule has 0 aliphatic rings. The third kappa shape index (κ3) is 3.49. The van der Waals surface area contributed by atoms with E-state index in [9.17, 15) is 4.79 Å². The van der Waals surface area contributed by atoms with Gasteiger partial charge in [-0.15, -0.1) is 5.10 Å². The molecule has 28 heavy (non-hydrogen) atoms. The molecule has 2 aromatic heterocycles. The van der Waals surface area contributed by atoms with Gasteiger partial charge in [0, 0.05) is 22.6 Å². The highest BCUT2D eigenvalue weighted by Crippen LogP contribution is 2.20. The maximum atomic E-state index is 13.2. The molecule has 1 amide bonds. The molecule has 6 heteroatoms. The number of nitrogens with zero attached hydrogens (tertiary/aromatic N) is 5. The zero-order chi connectivity index (χ0) is 19.7. The predicted octanol–water partition coefficient (Wildman–Crippen LogP) is 3.90. The molecule has 6 nitrogen and oxygen atoms in total. The minimum absolute atomic E-state index is 0.0934. The molecule has 0 unspecified atom stereocenters. The van der Waals surface area contributed by atoms with Crippen LogP contribution in [0.2, 0.25) is 0 Å². The van der Waals surface area contributed by atoms with E-state index in [1.165, 1.54) is 0 Å². The summed E-state index contributed by atoms with van der Waals surface area (Å²) in [6, 6.07) is 19.1. The lowest BCUT2D eigenvalue weighted by Crippen LogP contribution is -2.31. The van der Waals surface area contributed by atoms with Crippen molar-refractivity contribution in [2.24, 2.45) is 0 Å². The molecule has 0 saturated carbocycles. The molecule has 2 heterocycles. The maximum Gasteiger partial charge on any atom is 0.258 e. The van der Waals surface area contributed by atoms with E-state index >= 15 is 0 Å². The molecule has 0 aliphatic carbocycles. The van der Waals surface area contributed by atoms with Gasteiger partial charge in [-0.05, 0) is 51.1 Å². The second kappa shape index (κ2) is 7.23. The lowest BCUT2D eigenvalue weighted by atomic mass is 10.1. The number of fused-ring (bicyclic) bond motifs is 1. The molecular weight excluding hydrogens is 350 g/mol. The molecule has 140 valence electrons. The van der Waals surface area contributed by atoms with Gasteiger partial charge in [-0.25, -0.2) is 9.50 Å². The molecule has 0 radical (unpaired) electrons. The van der Waals surface area contributed by atoms with Gasteiger partial charge in [0.1, 0.15) is 0 Å². The fourth-order valence-corrected chi connectivity index (χ4v) is 3.16. The molecular formula is C22H21N5O. The highest BCUT2D eigenvalue weighted by Gasteiger charge is 2.20. The second-order valence-electron chi connectivity index (χ2n) is 6.87. The Kier molecular flexibility index (Phi) is 4.61. The Balaban J connectivity index is 1.74. The van der Waals surface area contributed by atoms with Crippen LogP contribution in [-0.2, 0) is 6.54 Å². The molecule has 0 atom stereocenters. The molecule has 0 fully saturated rings. The number of hydrogen-bond acceptors (Lipinski definition) is 4. The van der Waals surface area contributed by atoms with Crippen molar-refractivity contribution < 1.29 is 4.79 Å².